The summed E-state index contributed by atoms with van der Waals surface area (Å²) in [5.74, 6) is -1.23. The second kappa shape index (κ2) is 5.66. The molecule has 5 nitrogen and oxygen atoms in total. The zero-order chi connectivity index (χ0) is 13.9. The number of nitrogens with zero attached hydrogens (tertiary/aromatic N) is 1. The van der Waals surface area contributed by atoms with Crippen LogP contribution in [0, 0.1) is 5.82 Å². The van der Waals surface area contributed by atoms with Gasteiger partial charge in [0.25, 0.3) is 0 Å². The zero-order valence-corrected chi connectivity index (χ0v) is 12.1. The van der Waals surface area contributed by atoms with Crippen molar-refractivity contribution in [2.24, 2.45) is 0 Å². The van der Waals surface area contributed by atoms with E-state index < -0.39 is 28.4 Å². The molecule has 1 aromatic carbocycles. The van der Waals surface area contributed by atoms with Gasteiger partial charge in [0.1, 0.15) is 12.4 Å². The minimum Gasteiger partial charge on any atom is -0.468 e. The number of sulfonamides is 1. The standard InChI is InChI=1S/C10H11BrFNO4S/c1-17-10(14)6-13(18(2,15)16)9-4-3-7(12)5-8(9)11/h3-5H,6H2,1-2H3. The molecule has 0 aliphatic rings. The van der Waals surface area contributed by atoms with Crippen LogP contribution in [0.1, 0.15) is 0 Å². The third kappa shape index (κ3) is 3.67. The van der Waals surface area contributed by atoms with Crippen LogP contribution in [-0.2, 0) is 19.6 Å². The molecule has 0 atom stereocenters. The summed E-state index contributed by atoms with van der Waals surface area (Å²) in [4.78, 5) is 11.2. The lowest BCUT2D eigenvalue weighted by Crippen LogP contribution is -2.35. The molecular weight excluding hydrogens is 329 g/mol. The molecule has 0 radical (unpaired) electrons. The number of carbonyl (C=O) groups excluding carboxylic acids is 1. The first kappa shape index (κ1) is 14.9. The van der Waals surface area contributed by atoms with Crippen molar-refractivity contribution in [1.82, 2.24) is 0 Å². The Labute approximate surface area is 113 Å². The predicted molar refractivity (Wildman–Crippen MR) is 68.3 cm³/mol. The van der Waals surface area contributed by atoms with Gasteiger partial charge in [0.15, 0.2) is 0 Å². The minimum absolute atomic E-state index is 0.171. The van der Waals surface area contributed by atoms with Gasteiger partial charge in [-0.3, -0.25) is 9.10 Å². The smallest absolute Gasteiger partial charge is 0.326 e. The van der Waals surface area contributed by atoms with Gasteiger partial charge in [0, 0.05) is 4.47 Å². The van der Waals surface area contributed by atoms with Crippen LogP contribution in [0.15, 0.2) is 22.7 Å². The molecule has 0 aliphatic carbocycles. The molecule has 0 aromatic heterocycles. The molecule has 0 amide bonds. The molecule has 0 aliphatic heterocycles. The number of hydrogen-bond donors (Lipinski definition) is 0. The maximum atomic E-state index is 12.9. The monoisotopic (exact) mass is 339 g/mol. The van der Waals surface area contributed by atoms with E-state index in [1.165, 1.54) is 6.07 Å². The first-order valence-electron chi connectivity index (χ1n) is 4.75. The molecule has 0 heterocycles. The highest BCUT2D eigenvalue weighted by Crippen LogP contribution is 2.28. The van der Waals surface area contributed by atoms with Crippen molar-refractivity contribution < 1.29 is 22.3 Å². The van der Waals surface area contributed by atoms with E-state index in [-0.39, 0.29) is 10.2 Å². The largest absolute Gasteiger partial charge is 0.468 e. The molecule has 0 unspecified atom stereocenters. The maximum absolute atomic E-state index is 12.9. The number of methoxy groups -OCH3 is 1. The molecule has 18 heavy (non-hydrogen) atoms. The quantitative estimate of drug-likeness (QED) is 0.780. The van der Waals surface area contributed by atoms with E-state index in [1.54, 1.807) is 0 Å². The average Bonchev–Trinajstić information content (AvgIpc) is 2.25. The van der Waals surface area contributed by atoms with Gasteiger partial charge in [0.05, 0.1) is 19.1 Å². The van der Waals surface area contributed by atoms with E-state index >= 15 is 0 Å². The summed E-state index contributed by atoms with van der Waals surface area (Å²) in [5, 5.41) is 0. The molecule has 1 rings (SSSR count). The third-order valence-electron chi connectivity index (χ3n) is 2.08. The summed E-state index contributed by atoms with van der Waals surface area (Å²) in [6.07, 6.45) is 0.950. The van der Waals surface area contributed by atoms with Crippen LogP contribution in [0.25, 0.3) is 0 Å². The van der Waals surface area contributed by atoms with Gasteiger partial charge in [-0.2, -0.15) is 0 Å². The van der Waals surface area contributed by atoms with Gasteiger partial charge in [-0.1, -0.05) is 0 Å². The summed E-state index contributed by atoms with van der Waals surface area (Å²) in [6, 6.07) is 3.49. The number of carbonyl (C=O) groups is 1. The second-order valence-corrected chi connectivity index (χ2v) is 6.20. The van der Waals surface area contributed by atoms with Crippen molar-refractivity contribution in [3.63, 3.8) is 0 Å². The number of halogens is 2. The number of rotatable bonds is 4. The fraction of sp³-hybridized carbons (Fsp3) is 0.300. The van der Waals surface area contributed by atoms with E-state index in [0.717, 1.165) is 29.8 Å². The minimum atomic E-state index is -3.68. The average molecular weight is 340 g/mol. The highest BCUT2D eigenvalue weighted by atomic mass is 79.9. The van der Waals surface area contributed by atoms with E-state index in [1.807, 2.05) is 0 Å². The van der Waals surface area contributed by atoms with Gasteiger partial charge < -0.3 is 4.74 Å². The molecule has 100 valence electrons. The Kier molecular flexibility index (Phi) is 4.69. The van der Waals surface area contributed by atoms with Gasteiger partial charge in [-0.05, 0) is 34.1 Å². The Morgan fingerprint density at radius 3 is 2.56 bits per heavy atom. The van der Waals surface area contributed by atoms with Crippen LogP contribution < -0.4 is 4.31 Å². The lowest BCUT2D eigenvalue weighted by molar-refractivity contribution is -0.138. The molecule has 0 saturated carbocycles. The predicted octanol–water partition coefficient (Wildman–Crippen LogP) is 1.53. The van der Waals surface area contributed by atoms with Crippen LogP contribution in [0.2, 0.25) is 0 Å². The fourth-order valence-corrected chi connectivity index (χ4v) is 2.79. The van der Waals surface area contributed by atoms with Crippen molar-refractivity contribution in [3.05, 3.63) is 28.5 Å². The summed E-state index contributed by atoms with van der Waals surface area (Å²) in [6.45, 7) is -0.473. The normalized spacial score (nSPS) is 11.1. The Bertz CT molecular complexity index is 561. The van der Waals surface area contributed by atoms with Crippen molar-refractivity contribution in [1.29, 1.82) is 0 Å². The molecule has 0 N–H and O–H groups in total. The number of esters is 1. The van der Waals surface area contributed by atoms with E-state index in [9.17, 15) is 17.6 Å². The van der Waals surface area contributed by atoms with E-state index in [2.05, 4.69) is 20.7 Å². The van der Waals surface area contributed by atoms with Crippen LogP contribution in [0.3, 0.4) is 0 Å². The third-order valence-corrected chi connectivity index (χ3v) is 3.84. The van der Waals surface area contributed by atoms with Gasteiger partial charge >= 0.3 is 5.97 Å². The number of hydrogen-bond acceptors (Lipinski definition) is 4. The number of benzene rings is 1. The van der Waals surface area contributed by atoms with Gasteiger partial charge in [0.2, 0.25) is 10.0 Å². The Hall–Kier alpha value is -1.15. The lowest BCUT2D eigenvalue weighted by atomic mass is 10.3. The molecule has 8 heteroatoms. The Morgan fingerprint density at radius 2 is 2.11 bits per heavy atom. The van der Waals surface area contributed by atoms with Crippen LogP contribution in [0.5, 0.6) is 0 Å². The highest BCUT2D eigenvalue weighted by Gasteiger charge is 2.23. The SMILES string of the molecule is COC(=O)CN(c1ccc(F)cc1Br)S(C)(=O)=O. The second-order valence-electron chi connectivity index (χ2n) is 3.44. The summed E-state index contributed by atoms with van der Waals surface area (Å²) >= 11 is 3.05. The van der Waals surface area contributed by atoms with Gasteiger partial charge in [-0.25, -0.2) is 12.8 Å². The van der Waals surface area contributed by atoms with Crippen molar-refractivity contribution in [2.75, 3.05) is 24.2 Å². The van der Waals surface area contributed by atoms with Crippen molar-refractivity contribution >= 4 is 37.6 Å². The zero-order valence-electron chi connectivity index (χ0n) is 9.68. The number of ether oxygens (including phenoxy) is 1. The highest BCUT2D eigenvalue weighted by molar-refractivity contribution is 9.10. The number of anilines is 1. The van der Waals surface area contributed by atoms with Crippen molar-refractivity contribution in [3.8, 4) is 0 Å². The molecular formula is C10H11BrFNO4S. The molecule has 0 fully saturated rings. The lowest BCUT2D eigenvalue weighted by Gasteiger charge is -2.22. The summed E-state index contributed by atoms with van der Waals surface area (Å²) < 4.78 is 41.7. The first-order chi connectivity index (χ1) is 8.25. The van der Waals surface area contributed by atoms with Crippen LogP contribution >= 0.6 is 15.9 Å². The summed E-state index contributed by atoms with van der Waals surface area (Å²) in [7, 11) is -2.52. The Balaban J connectivity index is 3.22. The van der Waals surface area contributed by atoms with E-state index in [0.29, 0.717) is 0 Å². The van der Waals surface area contributed by atoms with Gasteiger partial charge in [-0.15, -0.1) is 0 Å². The van der Waals surface area contributed by atoms with E-state index in [4.69, 9.17) is 0 Å². The molecule has 0 spiro atoms. The maximum Gasteiger partial charge on any atom is 0.326 e. The fourth-order valence-electron chi connectivity index (χ4n) is 1.25. The van der Waals surface area contributed by atoms with Crippen LogP contribution in [0.4, 0.5) is 10.1 Å². The topological polar surface area (TPSA) is 63.7 Å². The first-order valence-corrected chi connectivity index (χ1v) is 7.39. The van der Waals surface area contributed by atoms with Crippen LogP contribution in [-0.4, -0.2) is 34.3 Å². The molecule has 1 aromatic rings. The van der Waals surface area contributed by atoms with Crippen molar-refractivity contribution in [2.45, 2.75) is 0 Å². The summed E-state index contributed by atoms with van der Waals surface area (Å²) in [5.41, 5.74) is 0.171. The molecule has 0 bridgehead atoms. The molecule has 0 saturated heterocycles. The Morgan fingerprint density at radius 1 is 1.50 bits per heavy atom.